The number of nitrogens with zero attached hydrogens (tertiary/aromatic N) is 1. The first kappa shape index (κ1) is 14.6. The Morgan fingerprint density at radius 1 is 0.909 bits per heavy atom. The van der Waals surface area contributed by atoms with Crippen LogP contribution in [0.5, 0.6) is 0 Å². The number of aryl methyl sites for hydroxylation is 3. The lowest BCUT2D eigenvalue weighted by Crippen LogP contribution is -2.07. The summed E-state index contributed by atoms with van der Waals surface area (Å²) in [5.74, 6) is 0. The second kappa shape index (κ2) is 6.20. The van der Waals surface area contributed by atoms with Crippen LogP contribution in [0.1, 0.15) is 16.0 Å². The van der Waals surface area contributed by atoms with Crippen LogP contribution in [0, 0.1) is 20.8 Å². The summed E-state index contributed by atoms with van der Waals surface area (Å²) in [5.41, 5.74) is 12.2. The Bertz CT molecular complexity index is 778. The molecular weight excluding hydrogens is 290 g/mol. The fourth-order valence-corrected chi connectivity index (χ4v) is 3.12. The van der Waals surface area contributed by atoms with Crippen molar-refractivity contribution < 1.29 is 0 Å². The summed E-state index contributed by atoms with van der Waals surface area (Å²) < 4.78 is 0. The largest absolute Gasteiger partial charge is 0.299 e. The Morgan fingerprint density at radius 2 is 1.68 bits per heavy atom. The van der Waals surface area contributed by atoms with Crippen molar-refractivity contribution in [2.45, 2.75) is 20.8 Å². The third-order valence-corrected chi connectivity index (χ3v) is 4.42. The highest BCUT2D eigenvalue weighted by molar-refractivity contribution is 7.16. The maximum absolute atomic E-state index is 4.74. The molecule has 0 spiro atoms. The topological polar surface area (TPSA) is 37.0 Å². The van der Waals surface area contributed by atoms with Crippen molar-refractivity contribution in [3.8, 4) is 11.3 Å². The summed E-state index contributed by atoms with van der Waals surface area (Å²) in [7, 11) is 0. The summed E-state index contributed by atoms with van der Waals surface area (Å²) in [6.07, 6.45) is 0. The third kappa shape index (κ3) is 3.12. The number of anilines is 2. The minimum absolute atomic E-state index is 0.872. The van der Waals surface area contributed by atoms with Crippen molar-refractivity contribution in [1.82, 2.24) is 4.98 Å². The predicted octanol–water partition coefficient (Wildman–Crippen LogP) is 5.17. The van der Waals surface area contributed by atoms with E-state index in [1.54, 1.807) is 11.3 Å². The average Bonchev–Trinajstić information content (AvgIpc) is 2.89. The fraction of sp³-hybridized carbons (Fsp3) is 0.167. The highest BCUT2D eigenvalue weighted by Gasteiger charge is 2.12. The van der Waals surface area contributed by atoms with Gasteiger partial charge in [-0.1, -0.05) is 35.9 Å². The van der Waals surface area contributed by atoms with Crippen LogP contribution >= 0.6 is 11.3 Å². The summed E-state index contributed by atoms with van der Waals surface area (Å²) in [4.78, 5) is 5.96. The van der Waals surface area contributed by atoms with E-state index in [0.29, 0.717) is 0 Å². The number of benzene rings is 2. The molecule has 0 aliphatic rings. The zero-order chi connectivity index (χ0) is 15.5. The average molecular weight is 309 g/mol. The van der Waals surface area contributed by atoms with E-state index < -0.39 is 0 Å². The lowest BCUT2D eigenvalue weighted by Gasteiger charge is -2.06. The molecule has 0 unspecified atom stereocenters. The van der Waals surface area contributed by atoms with E-state index in [-0.39, 0.29) is 0 Å². The quantitative estimate of drug-likeness (QED) is 0.652. The van der Waals surface area contributed by atoms with Gasteiger partial charge in [0, 0.05) is 10.4 Å². The van der Waals surface area contributed by atoms with Crippen LogP contribution in [-0.4, -0.2) is 4.98 Å². The van der Waals surface area contributed by atoms with Crippen LogP contribution in [0.2, 0.25) is 0 Å². The van der Waals surface area contributed by atoms with E-state index in [2.05, 4.69) is 49.8 Å². The van der Waals surface area contributed by atoms with E-state index in [4.69, 9.17) is 4.98 Å². The molecule has 22 heavy (non-hydrogen) atoms. The first-order chi connectivity index (χ1) is 10.6. The van der Waals surface area contributed by atoms with E-state index in [1.807, 2.05) is 30.3 Å². The molecule has 0 aliphatic heterocycles. The molecular formula is C18H19N3S. The van der Waals surface area contributed by atoms with Gasteiger partial charge in [-0.15, -0.1) is 11.3 Å². The monoisotopic (exact) mass is 309 g/mol. The molecule has 0 bridgehead atoms. The summed E-state index contributed by atoms with van der Waals surface area (Å²) in [5, 5.41) is 0.872. The van der Waals surface area contributed by atoms with Gasteiger partial charge < -0.3 is 0 Å². The van der Waals surface area contributed by atoms with Gasteiger partial charge in [0.25, 0.3) is 0 Å². The Morgan fingerprint density at radius 3 is 2.45 bits per heavy atom. The van der Waals surface area contributed by atoms with Crippen molar-refractivity contribution in [2.75, 3.05) is 10.9 Å². The van der Waals surface area contributed by atoms with Crippen molar-refractivity contribution >= 4 is 22.2 Å². The van der Waals surface area contributed by atoms with Gasteiger partial charge in [-0.25, -0.2) is 4.98 Å². The number of hydrazine groups is 1. The number of para-hydroxylation sites is 1. The number of thiazole rings is 1. The van der Waals surface area contributed by atoms with E-state index in [9.17, 15) is 0 Å². The van der Waals surface area contributed by atoms with Gasteiger partial charge in [0.15, 0.2) is 0 Å². The maximum atomic E-state index is 4.74. The second-order valence-electron chi connectivity index (χ2n) is 5.36. The van der Waals surface area contributed by atoms with Crippen LogP contribution in [0.25, 0.3) is 11.3 Å². The molecule has 0 fully saturated rings. The number of hydrogen-bond donors (Lipinski definition) is 2. The Labute approximate surface area is 135 Å². The Balaban J connectivity index is 1.83. The lowest BCUT2D eigenvalue weighted by molar-refractivity contribution is 1.29. The molecule has 0 atom stereocenters. The van der Waals surface area contributed by atoms with Gasteiger partial charge >= 0.3 is 0 Å². The zero-order valence-corrected chi connectivity index (χ0v) is 13.8. The lowest BCUT2D eigenvalue weighted by atomic mass is 10.0. The standard InChI is InChI=1S/C18H19N3S/c1-12-9-10-13(2)16(11-12)17-14(3)22-18(19-17)21-20-15-7-5-4-6-8-15/h4-11,20H,1-3H3,(H,19,21). The second-order valence-corrected chi connectivity index (χ2v) is 6.56. The molecule has 0 radical (unpaired) electrons. The molecule has 112 valence electrons. The van der Waals surface area contributed by atoms with Crippen LogP contribution in [0.15, 0.2) is 48.5 Å². The number of nitrogens with one attached hydrogen (secondary N) is 2. The van der Waals surface area contributed by atoms with E-state index in [0.717, 1.165) is 16.5 Å². The number of rotatable bonds is 4. The van der Waals surface area contributed by atoms with Gasteiger partial charge in [-0.3, -0.25) is 10.9 Å². The smallest absolute Gasteiger partial charge is 0.202 e. The van der Waals surface area contributed by atoms with Gasteiger partial charge in [-0.05, 0) is 44.5 Å². The highest BCUT2D eigenvalue weighted by atomic mass is 32.1. The Kier molecular flexibility index (Phi) is 4.11. The molecule has 3 nitrogen and oxygen atoms in total. The summed E-state index contributed by atoms with van der Waals surface area (Å²) in [6.45, 7) is 6.35. The summed E-state index contributed by atoms with van der Waals surface area (Å²) >= 11 is 1.66. The van der Waals surface area contributed by atoms with Crippen LogP contribution in [0.4, 0.5) is 10.8 Å². The van der Waals surface area contributed by atoms with Gasteiger partial charge in [0.05, 0.1) is 11.4 Å². The molecule has 2 aromatic carbocycles. The maximum Gasteiger partial charge on any atom is 0.202 e. The van der Waals surface area contributed by atoms with Gasteiger partial charge in [-0.2, -0.15) is 0 Å². The predicted molar refractivity (Wildman–Crippen MR) is 95.4 cm³/mol. The van der Waals surface area contributed by atoms with E-state index >= 15 is 0 Å². The number of aromatic nitrogens is 1. The normalized spacial score (nSPS) is 10.5. The molecule has 0 amide bonds. The molecule has 3 rings (SSSR count). The minimum Gasteiger partial charge on any atom is -0.299 e. The van der Waals surface area contributed by atoms with Gasteiger partial charge in [0.1, 0.15) is 0 Å². The van der Waals surface area contributed by atoms with Gasteiger partial charge in [0.2, 0.25) is 5.13 Å². The zero-order valence-electron chi connectivity index (χ0n) is 13.0. The molecule has 2 N–H and O–H groups in total. The van der Waals surface area contributed by atoms with Crippen LogP contribution < -0.4 is 10.9 Å². The minimum atomic E-state index is 0.872. The van der Waals surface area contributed by atoms with Crippen molar-refractivity contribution in [1.29, 1.82) is 0 Å². The fourth-order valence-electron chi connectivity index (χ4n) is 2.34. The van der Waals surface area contributed by atoms with Crippen molar-refractivity contribution in [2.24, 2.45) is 0 Å². The molecule has 1 aromatic heterocycles. The van der Waals surface area contributed by atoms with Crippen molar-refractivity contribution in [3.63, 3.8) is 0 Å². The van der Waals surface area contributed by atoms with E-state index in [1.165, 1.54) is 21.6 Å². The number of hydrogen-bond acceptors (Lipinski definition) is 4. The SMILES string of the molecule is Cc1ccc(C)c(-c2nc(NNc3ccccc3)sc2C)c1. The first-order valence-electron chi connectivity index (χ1n) is 7.25. The molecule has 1 heterocycles. The van der Waals surface area contributed by atoms with Crippen LogP contribution in [-0.2, 0) is 0 Å². The third-order valence-electron chi connectivity index (χ3n) is 3.53. The molecule has 4 heteroatoms. The highest BCUT2D eigenvalue weighted by Crippen LogP contribution is 2.32. The summed E-state index contributed by atoms with van der Waals surface area (Å²) in [6, 6.07) is 16.5. The molecule has 0 aliphatic carbocycles. The first-order valence-corrected chi connectivity index (χ1v) is 8.07. The van der Waals surface area contributed by atoms with Crippen molar-refractivity contribution in [3.05, 3.63) is 64.5 Å². The molecule has 3 aromatic rings. The molecule has 0 saturated carbocycles. The Hall–Kier alpha value is -2.33. The van der Waals surface area contributed by atoms with Crippen LogP contribution in [0.3, 0.4) is 0 Å². The molecule has 0 saturated heterocycles.